The molecule has 3 N–H and O–H groups in total. The average molecular weight is 626 g/mol. The van der Waals surface area contributed by atoms with Crippen LogP contribution >= 0.6 is 22.6 Å². The number of amides is 5. The van der Waals surface area contributed by atoms with Gasteiger partial charge < -0.3 is 20.7 Å². The number of rotatable bonds is 9. The maximum absolute atomic E-state index is 13.6. The second-order valence-electron chi connectivity index (χ2n) is 8.76. The Balaban J connectivity index is 1.59. The monoisotopic (exact) mass is 626 g/mol. The summed E-state index contributed by atoms with van der Waals surface area (Å²) in [7, 11) is 1.52. The summed E-state index contributed by atoms with van der Waals surface area (Å²) < 4.78 is 6.42. The highest BCUT2D eigenvalue weighted by Crippen LogP contribution is 2.31. The molecule has 10 heteroatoms. The lowest BCUT2D eigenvalue weighted by molar-refractivity contribution is -0.134. The normalized spacial score (nSPS) is 16.4. The maximum Gasteiger partial charge on any atom is 0.325 e. The molecule has 0 radical (unpaired) electrons. The highest BCUT2D eigenvalue weighted by molar-refractivity contribution is 14.1. The van der Waals surface area contributed by atoms with Crippen molar-refractivity contribution in [1.29, 1.82) is 0 Å². The lowest BCUT2D eigenvalue weighted by atomic mass is 9.91. The maximum atomic E-state index is 13.6. The lowest BCUT2D eigenvalue weighted by Crippen LogP contribution is -2.50. The van der Waals surface area contributed by atoms with Gasteiger partial charge in [0.25, 0.3) is 11.8 Å². The van der Waals surface area contributed by atoms with Crippen molar-refractivity contribution in [3.05, 3.63) is 93.6 Å². The zero-order chi connectivity index (χ0) is 27.2. The first-order chi connectivity index (χ1) is 18.3. The third-order valence-corrected chi connectivity index (χ3v) is 7.01. The van der Waals surface area contributed by atoms with Crippen LogP contribution in [0.2, 0.25) is 0 Å². The van der Waals surface area contributed by atoms with Gasteiger partial charge in [0, 0.05) is 22.2 Å². The Hall–Kier alpha value is -3.93. The zero-order valence-corrected chi connectivity index (χ0v) is 23.0. The molecule has 0 saturated carbocycles. The number of likely N-dealkylation sites (N-methyl/N-ethyl adjacent to an activating group) is 1. The number of anilines is 1. The van der Waals surface area contributed by atoms with Crippen molar-refractivity contribution in [2.75, 3.05) is 19.0 Å². The van der Waals surface area contributed by atoms with E-state index in [4.69, 9.17) is 4.74 Å². The zero-order valence-electron chi connectivity index (χ0n) is 20.8. The van der Waals surface area contributed by atoms with Crippen molar-refractivity contribution in [1.82, 2.24) is 15.5 Å². The van der Waals surface area contributed by atoms with Gasteiger partial charge >= 0.3 is 6.03 Å². The SMILES string of the molecule is CNC(=O)COc1ccc([C@H]2NC(=O)N([C@H](C(=O)Nc3ccc(I)cc3)[C@@H](C)c3ccccc3)C2=O)cc1. The Bertz CT molecular complexity index is 1320. The number of benzene rings is 3. The first-order valence-corrected chi connectivity index (χ1v) is 13.0. The van der Waals surface area contributed by atoms with Crippen molar-refractivity contribution in [3.63, 3.8) is 0 Å². The van der Waals surface area contributed by atoms with Gasteiger partial charge in [0.15, 0.2) is 6.61 Å². The van der Waals surface area contributed by atoms with Gasteiger partial charge in [-0.1, -0.05) is 49.4 Å². The second-order valence-corrected chi connectivity index (χ2v) is 10.0. The van der Waals surface area contributed by atoms with Crippen LogP contribution in [0.3, 0.4) is 0 Å². The predicted octanol–water partition coefficient (Wildman–Crippen LogP) is 3.82. The van der Waals surface area contributed by atoms with Crippen molar-refractivity contribution in [2.45, 2.75) is 24.9 Å². The summed E-state index contributed by atoms with van der Waals surface area (Å²) >= 11 is 2.17. The first kappa shape index (κ1) is 27.1. The van der Waals surface area contributed by atoms with E-state index in [-0.39, 0.29) is 12.5 Å². The number of hydrogen-bond acceptors (Lipinski definition) is 5. The topological polar surface area (TPSA) is 117 Å². The fourth-order valence-corrected chi connectivity index (χ4v) is 4.58. The number of imide groups is 1. The predicted molar refractivity (Wildman–Crippen MR) is 151 cm³/mol. The van der Waals surface area contributed by atoms with E-state index < -0.39 is 35.8 Å². The Morgan fingerprint density at radius 3 is 2.29 bits per heavy atom. The van der Waals surface area contributed by atoms with Crippen molar-refractivity contribution in [3.8, 4) is 5.75 Å². The fraction of sp³-hybridized carbons (Fsp3) is 0.214. The highest BCUT2D eigenvalue weighted by Gasteiger charge is 2.47. The van der Waals surface area contributed by atoms with Gasteiger partial charge in [0.05, 0.1) is 0 Å². The third-order valence-electron chi connectivity index (χ3n) is 6.29. The van der Waals surface area contributed by atoms with Crippen LogP contribution < -0.4 is 20.7 Å². The number of nitrogens with zero attached hydrogens (tertiary/aromatic N) is 1. The molecule has 196 valence electrons. The number of carbonyl (C=O) groups excluding carboxylic acids is 4. The minimum Gasteiger partial charge on any atom is -0.484 e. The standard InChI is InChI=1S/C28H27IN4O5/c1-17(18-6-4-3-5-7-18)25(26(35)31-21-12-10-20(29)11-13-21)33-27(36)24(32-28(33)37)19-8-14-22(15-9-19)38-16-23(34)30-2/h3-15,17,24-25H,16H2,1-2H3,(H,30,34)(H,31,35)(H,32,37)/t17-,24+,25-/m0/s1. The van der Waals surface area contributed by atoms with Crippen molar-refractivity contribution in [2.24, 2.45) is 0 Å². The number of hydrogen-bond donors (Lipinski definition) is 3. The molecule has 3 aromatic carbocycles. The molecule has 3 atom stereocenters. The lowest BCUT2D eigenvalue weighted by Gasteiger charge is -2.30. The second kappa shape index (κ2) is 12.1. The first-order valence-electron chi connectivity index (χ1n) is 12.0. The summed E-state index contributed by atoms with van der Waals surface area (Å²) in [5.74, 6) is -1.30. The van der Waals surface area contributed by atoms with Crippen LogP contribution in [0.5, 0.6) is 5.75 Å². The minimum atomic E-state index is -1.09. The molecule has 0 unspecified atom stereocenters. The molecule has 1 saturated heterocycles. The van der Waals surface area contributed by atoms with E-state index in [0.717, 1.165) is 14.0 Å². The minimum absolute atomic E-state index is 0.141. The van der Waals surface area contributed by atoms with Crippen LogP contribution in [0.4, 0.5) is 10.5 Å². The molecule has 4 rings (SSSR count). The van der Waals surface area contributed by atoms with E-state index in [2.05, 4.69) is 38.5 Å². The summed E-state index contributed by atoms with van der Waals surface area (Å²) in [6.45, 7) is 1.68. The van der Waals surface area contributed by atoms with Crippen LogP contribution in [0.15, 0.2) is 78.9 Å². The van der Waals surface area contributed by atoms with E-state index in [1.807, 2.05) is 49.4 Å². The molecule has 1 heterocycles. The number of urea groups is 1. The number of carbonyl (C=O) groups is 4. The smallest absolute Gasteiger partial charge is 0.325 e. The Morgan fingerprint density at radius 2 is 1.66 bits per heavy atom. The molecule has 38 heavy (non-hydrogen) atoms. The van der Waals surface area contributed by atoms with E-state index in [0.29, 0.717) is 17.0 Å². The van der Waals surface area contributed by atoms with E-state index in [9.17, 15) is 19.2 Å². The van der Waals surface area contributed by atoms with Gasteiger partial charge in [0.2, 0.25) is 5.91 Å². The number of ether oxygens (including phenoxy) is 1. The Labute approximate surface area is 234 Å². The largest absolute Gasteiger partial charge is 0.484 e. The summed E-state index contributed by atoms with van der Waals surface area (Å²) in [5, 5.41) is 8.05. The van der Waals surface area contributed by atoms with Crippen LogP contribution in [0.25, 0.3) is 0 Å². The molecular weight excluding hydrogens is 599 g/mol. The summed E-state index contributed by atoms with van der Waals surface area (Å²) in [4.78, 5) is 52.8. The van der Waals surface area contributed by atoms with E-state index in [1.54, 1.807) is 36.4 Å². The summed E-state index contributed by atoms with van der Waals surface area (Å²) in [6.07, 6.45) is 0. The summed E-state index contributed by atoms with van der Waals surface area (Å²) in [5.41, 5.74) is 1.91. The van der Waals surface area contributed by atoms with Gasteiger partial charge in [0.1, 0.15) is 17.8 Å². The number of halogens is 1. The van der Waals surface area contributed by atoms with Gasteiger partial charge in [-0.05, 0) is 70.1 Å². The molecule has 9 nitrogen and oxygen atoms in total. The van der Waals surface area contributed by atoms with Crippen molar-refractivity contribution >= 4 is 52.0 Å². The molecule has 0 spiro atoms. The van der Waals surface area contributed by atoms with Crippen LogP contribution in [-0.2, 0) is 14.4 Å². The fourth-order valence-electron chi connectivity index (χ4n) is 4.22. The Kier molecular flexibility index (Phi) is 8.62. The molecule has 0 aliphatic carbocycles. The van der Waals surface area contributed by atoms with Crippen molar-refractivity contribution < 1.29 is 23.9 Å². The van der Waals surface area contributed by atoms with E-state index >= 15 is 0 Å². The van der Waals surface area contributed by atoms with Gasteiger partial charge in [-0.25, -0.2) is 9.69 Å². The summed E-state index contributed by atoms with van der Waals surface area (Å²) in [6, 6.07) is 20.4. The molecule has 1 aliphatic rings. The van der Waals surface area contributed by atoms with Crippen LogP contribution in [-0.4, -0.2) is 48.3 Å². The van der Waals surface area contributed by atoms with Gasteiger partial charge in [-0.3, -0.25) is 14.4 Å². The van der Waals surface area contributed by atoms with Gasteiger partial charge in [-0.15, -0.1) is 0 Å². The Morgan fingerprint density at radius 1 is 1.00 bits per heavy atom. The highest BCUT2D eigenvalue weighted by atomic mass is 127. The number of nitrogens with one attached hydrogen (secondary N) is 3. The third kappa shape index (κ3) is 6.13. The molecule has 5 amide bonds. The molecule has 0 bridgehead atoms. The van der Waals surface area contributed by atoms with Crippen LogP contribution in [0, 0.1) is 3.57 Å². The molecule has 3 aromatic rings. The molecular formula is C28H27IN4O5. The molecule has 1 aliphatic heterocycles. The van der Waals surface area contributed by atoms with E-state index in [1.165, 1.54) is 7.05 Å². The quantitative estimate of drug-likeness (QED) is 0.247. The average Bonchev–Trinajstić information content (AvgIpc) is 3.22. The molecule has 1 fully saturated rings. The van der Waals surface area contributed by atoms with Crippen LogP contribution in [0.1, 0.15) is 30.0 Å². The molecule has 0 aromatic heterocycles. The van der Waals surface area contributed by atoms with Gasteiger partial charge in [-0.2, -0.15) is 0 Å².